The van der Waals surface area contributed by atoms with E-state index >= 15 is 0 Å². The highest BCUT2D eigenvalue weighted by Crippen LogP contribution is 2.27. The zero-order chi connectivity index (χ0) is 18.6. The van der Waals surface area contributed by atoms with E-state index in [9.17, 15) is 9.18 Å². The molecule has 1 N–H and O–H groups in total. The maximum Gasteiger partial charge on any atom is 0.257 e. The molecule has 0 saturated carbocycles. The third kappa shape index (κ3) is 3.81. The van der Waals surface area contributed by atoms with Gasteiger partial charge in [-0.1, -0.05) is 12.1 Å². The Morgan fingerprint density at radius 3 is 2.96 bits per heavy atom. The highest BCUT2D eigenvalue weighted by Gasteiger charge is 2.27. The summed E-state index contributed by atoms with van der Waals surface area (Å²) in [7, 11) is 0. The van der Waals surface area contributed by atoms with Gasteiger partial charge in [-0.2, -0.15) is 0 Å². The number of carbonyl (C=O) groups is 1. The zero-order valence-electron chi connectivity index (χ0n) is 14.6. The maximum absolute atomic E-state index is 13.8. The number of furan rings is 1. The minimum absolute atomic E-state index is 0.0350. The molecule has 3 heterocycles. The van der Waals surface area contributed by atoms with Crippen LogP contribution in [0.5, 0.6) is 0 Å². The van der Waals surface area contributed by atoms with Crippen molar-refractivity contribution in [3.63, 3.8) is 0 Å². The van der Waals surface area contributed by atoms with Crippen LogP contribution in [0.3, 0.4) is 0 Å². The molecule has 4 rings (SSSR count). The Morgan fingerprint density at radius 2 is 2.15 bits per heavy atom. The minimum Gasteiger partial charge on any atom is -0.472 e. The van der Waals surface area contributed by atoms with Crippen molar-refractivity contribution in [2.45, 2.75) is 18.8 Å². The second-order valence-corrected chi connectivity index (χ2v) is 6.51. The second kappa shape index (κ2) is 7.57. The van der Waals surface area contributed by atoms with Crippen LogP contribution in [0.25, 0.3) is 0 Å². The van der Waals surface area contributed by atoms with Crippen molar-refractivity contribution in [3.05, 3.63) is 72.2 Å². The zero-order valence-corrected chi connectivity index (χ0v) is 14.6. The lowest BCUT2D eigenvalue weighted by Crippen LogP contribution is -2.39. The molecule has 138 valence electrons. The molecular formula is C20H19FN4O2. The Bertz CT molecular complexity index is 929. The molecule has 0 spiro atoms. The summed E-state index contributed by atoms with van der Waals surface area (Å²) < 4.78 is 18.8. The molecular weight excluding hydrogens is 347 g/mol. The summed E-state index contributed by atoms with van der Waals surface area (Å²) in [5.41, 5.74) is 1.73. The first-order valence-corrected chi connectivity index (χ1v) is 8.86. The maximum atomic E-state index is 13.8. The number of amides is 1. The quantitative estimate of drug-likeness (QED) is 0.756. The summed E-state index contributed by atoms with van der Waals surface area (Å²) in [6, 6.07) is 9.92. The molecule has 0 aliphatic carbocycles. The van der Waals surface area contributed by atoms with Gasteiger partial charge < -0.3 is 14.6 Å². The van der Waals surface area contributed by atoms with Crippen LogP contribution in [-0.2, 0) is 0 Å². The average Bonchev–Trinajstić information content (AvgIpc) is 3.24. The van der Waals surface area contributed by atoms with Crippen LogP contribution in [-0.4, -0.2) is 33.9 Å². The number of nitrogens with one attached hydrogen (secondary N) is 1. The molecule has 1 atom stereocenters. The first-order chi connectivity index (χ1) is 13.2. The third-order valence-electron chi connectivity index (χ3n) is 4.69. The van der Waals surface area contributed by atoms with Crippen LogP contribution in [0.4, 0.5) is 16.0 Å². The van der Waals surface area contributed by atoms with E-state index in [0.29, 0.717) is 30.3 Å². The number of aromatic nitrogens is 2. The highest BCUT2D eigenvalue weighted by atomic mass is 19.1. The number of anilines is 2. The van der Waals surface area contributed by atoms with Gasteiger partial charge >= 0.3 is 0 Å². The van der Waals surface area contributed by atoms with Gasteiger partial charge in [0.1, 0.15) is 12.1 Å². The lowest BCUT2D eigenvalue weighted by Gasteiger charge is -2.32. The van der Waals surface area contributed by atoms with Gasteiger partial charge in [-0.25, -0.2) is 14.4 Å². The molecule has 6 nitrogen and oxygen atoms in total. The van der Waals surface area contributed by atoms with Crippen LogP contribution in [0.15, 0.2) is 59.5 Å². The van der Waals surface area contributed by atoms with Crippen molar-refractivity contribution < 1.29 is 13.6 Å². The van der Waals surface area contributed by atoms with E-state index < -0.39 is 0 Å². The Morgan fingerprint density at radius 1 is 1.26 bits per heavy atom. The molecule has 0 unspecified atom stereocenters. The number of carbonyl (C=O) groups excluding carboxylic acids is 1. The number of rotatable bonds is 4. The Balaban J connectivity index is 1.50. The van der Waals surface area contributed by atoms with E-state index in [0.717, 1.165) is 18.5 Å². The van der Waals surface area contributed by atoms with Crippen molar-refractivity contribution in [2.24, 2.45) is 0 Å². The number of piperidine rings is 1. The Kier molecular flexibility index (Phi) is 4.82. The summed E-state index contributed by atoms with van der Waals surface area (Å²) in [6.45, 7) is 1.30. The first kappa shape index (κ1) is 17.2. The number of benzene rings is 1. The molecule has 1 aromatic carbocycles. The molecule has 27 heavy (non-hydrogen) atoms. The summed E-state index contributed by atoms with van der Waals surface area (Å²) >= 11 is 0. The van der Waals surface area contributed by atoms with Crippen LogP contribution >= 0.6 is 0 Å². The van der Waals surface area contributed by atoms with Crippen LogP contribution < -0.4 is 5.32 Å². The molecule has 1 fully saturated rings. The minimum atomic E-state index is -0.360. The molecule has 1 aliphatic heterocycles. The van der Waals surface area contributed by atoms with Gasteiger partial charge in [0.25, 0.3) is 5.91 Å². The van der Waals surface area contributed by atoms with E-state index in [2.05, 4.69) is 15.3 Å². The van der Waals surface area contributed by atoms with Crippen molar-refractivity contribution >= 4 is 17.5 Å². The van der Waals surface area contributed by atoms with Crippen molar-refractivity contribution in [1.82, 2.24) is 14.9 Å². The van der Waals surface area contributed by atoms with Crippen LogP contribution in [0, 0.1) is 5.82 Å². The van der Waals surface area contributed by atoms with E-state index in [1.165, 1.54) is 18.6 Å². The number of hydrogen-bond donors (Lipinski definition) is 1. The summed E-state index contributed by atoms with van der Waals surface area (Å²) in [4.78, 5) is 23.1. The van der Waals surface area contributed by atoms with Crippen LogP contribution in [0.1, 0.15) is 34.8 Å². The molecule has 0 radical (unpaired) electrons. The molecule has 1 saturated heterocycles. The predicted molar refractivity (Wildman–Crippen MR) is 98.3 cm³/mol. The second-order valence-electron chi connectivity index (χ2n) is 6.51. The normalized spacial score (nSPS) is 16.9. The predicted octanol–water partition coefficient (Wildman–Crippen LogP) is 3.97. The van der Waals surface area contributed by atoms with Gasteiger partial charge in [-0.3, -0.25) is 4.79 Å². The lowest BCUT2D eigenvalue weighted by molar-refractivity contribution is 0.0705. The van der Waals surface area contributed by atoms with E-state index in [1.54, 1.807) is 30.5 Å². The summed E-state index contributed by atoms with van der Waals surface area (Å²) in [5.74, 6) is 0.0583. The average molecular weight is 366 g/mol. The number of halogens is 1. The molecule has 1 aliphatic rings. The topological polar surface area (TPSA) is 71.3 Å². The van der Waals surface area contributed by atoms with Gasteiger partial charge in [-0.15, -0.1) is 0 Å². The van der Waals surface area contributed by atoms with Crippen molar-refractivity contribution in [2.75, 3.05) is 18.4 Å². The molecule has 7 heteroatoms. The van der Waals surface area contributed by atoms with Gasteiger partial charge in [0.05, 0.1) is 23.2 Å². The van der Waals surface area contributed by atoms with E-state index in [4.69, 9.17) is 4.42 Å². The lowest BCUT2D eigenvalue weighted by atomic mass is 9.94. The first-order valence-electron chi connectivity index (χ1n) is 8.86. The third-order valence-corrected chi connectivity index (χ3v) is 4.69. The number of nitrogens with zero attached hydrogens (tertiary/aromatic N) is 3. The molecule has 1 amide bonds. The smallest absolute Gasteiger partial charge is 0.257 e. The largest absolute Gasteiger partial charge is 0.472 e. The van der Waals surface area contributed by atoms with Gasteiger partial charge in [0.2, 0.25) is 5.95 Å². The van der Waals surface area contributed by atoms with Crippen molar-refractivity contribution in [3.8, 4) is 0 Å². The molecule has 2 aromatic heterocycles. The van der Waals surface area contributed by atoms with Crippen LogP contribution in [0.2, 0.25) is 0 Å². The monoisotopic (exact) mass is 366 g/mol. The van der Waals surface area contributed by atoms with E-state index in [1.807, 2.05) is 11.0 Å². The number of hydrogen-bond acceptors (Lipinski definition) is 5. The molecule has 0 bridgehead atoms. The fourth-order valence-electron chi connectivity index (χ4n) is 3.32. The summed E-state index contributed by atoms with van der Waals surface area (Å²) in [5, 5.41) is 2.92. The van der Waals surface area contributed by atoms with Gasteiger partial charge in [-0.05, 0) is 37.1 Å². The van der Waals surface area contributed by atoms with Gasteiger partial charge in [0.15, 0.2) is 0 Å². The van der Waals surface area contributed by atoms with Gasteiger partial charge in [0, 0.05) is 25.2 Å². The highest BCUT2D eigenvalue weighted by molar-refractivity contribution is 5.93. The number of likely N-dealkylation sites (tertiary alicyclic amines) is 1. The fourth-order valence-corrected chi connectivity index (χ4v) is 3.32. The fraction of sp³-hybridized carbons (Fsp3) is 0.250. The summed E-state index contributed by atoms with van der Waals surface area (Å²) in [6.07, 6.45) is 6.45. The number of para-hydroxylation sites is 1. The SMILES string of the molecule is O=C(c1ccoc1)N1CCC[C@H](c2ccnc(Nc3ccccc3F)n2)C1. The standard InChI is InChI=1S/C20H19FN4O2/c21-16-5-1-2-6-18(16)24-20-22-9-7-17(23-20)14-4-3-10-25(12-14)19(26)15-8-11-27-13-15/h1-2,5-9,11,13-14H,3-4,10,12H2,(H,22,23,24)/t14-/m0/s1. The Hall–Kier alpha value is -3.22. The Labute approximate surface area is 156 Å². The van der Waals surface area contributed by atoms with Crippen molar-refractivity contribution in [1.29, 1.82) is 0 Å². The van der Waals surface area contributed by atoms with E-state index in [-0.39, 0.29) is 17.6 Å². The molecule has 3 aromatic rings.